The first-order valence-electron chi connectivity index (χ1n) is 5.81. The minimum Gasteiger partial charge on any atom is -0.377 e. The van der Waals surface area contributed by atoms with E-state index in [4.69, 9.17) is 27.9 Å². The molecule has 1 aromatic carbocycles. The van der Waals surface area contributed by atoms with Crippen molar-refractivity contribution >= 4 is 23.2 Å². The first-order chi connectivity index (χ1) is 7.99. The van der Waals surface area contributed by atoms with E-state index >= 15 is 0 Å². The molecule has 1 N–H and O–H groups in total. The van der Waals surface area contributed by atoms with Gasteiger partial charge in [0.1, 0.15) is 0 Å². The molecular formula is C13H17Cl2NO. The minimum absolute atomic E-state index is 0.0365. The summed E-state index contributed by atoms with van der Waals surface area (Å²) in [5.41, 5.74) is 1.14. The Morgan fingerprint density at radius 2 is 2.00 bits per heavy atom. The Bertz CT molecular complexity index is 390. The highest BCUT2D eigenvalue weighted by atomic mass is 35.5. The number of ether oxygens (including phenoxy) is 1. The minimum atomic E-state index is 0.0365. The lowest BCUT2D eigenvalue weighted by atomic mass is 9.94. The average Bonchev–Trinajstić information content (AvgIpc) is 2.56. The van der Waals surface area contributed by atoms with Crippen LogP contribution in [0.2, 0.25) is 10.0 Å². The van der Waals surface area contributed by atoms with Crippen molar-refractivity contribution in [3.63, 3.8) is 0 Å². The van der Waals surface area contributed by atoms with Crippen LogP contribution in [0, 0.1) is 0 Å². The Balaban J connectivity index is 2.02. The molecule has 1 aromatic rings. The summed E-state index contributed by atoms with van der Waals surface area (Å²) in [7, 11) is 0. The van der Waals surface area contributed by atoms with Gasteiger partial charge in [0.05, 0.1) is 6.10 Å². The van der Waals surface area contributed by atoms with E-state index in [-0.39, 0.29) is 11.6 Å². The Labute approximate surface area is 112 Å². The number of nitrogens with one attached hydrogen (secondary N) is 1. The monoisotopic (exact) mass is 273 g/mol. The van der Waals surface area contributed by atoms with Gasteiger partial charge in [-0.2, -0.15) is 0 Å². The van der Waals surface area contributed by atoms with Crippen LogP contribution >= 0.6 is 23.2 Å². The summed E-state index contributed by atoms with van der Waals surface area (Å²) in [5.74, 6) is 0. The molecule has 0 saturated carbocycles. The number of benzene rings is 1. The lowest BCUT2D eigenvalue weighted by Crippen LogP contribution is -2.47. The van der Waals surface area contributed by atoms with Gasteiger partial charge >= 0.3 is 0 Å². The van der Waals surface area contributed by atoms with Crippen LogP contribution in [0.15, 0.2) is 18.2 Å². The van der Waals surface area contributed by atoms with Crippen molar-refractivity contribution in [1.82, 2.24) is 5.32 Å². The van der Waals surface area contributed by atoms with Gasteiger partial charge < -0.3 is 10.1 Å². The van der Waals surface area contributed by atoms with Crippen LogP contribution in [-0.4, -0.2) is 18.2 Å². The molecule has 0 amide bonds. The van der Waals surface area contributed by atoms with Crippen molar-refractivity contribution < 1.29 is 4.74 Å². The van der Waals surface area contributed by atoms with Gasteiger partial charge in [0.2, 0.25) is 0 Å². The zero-order chi connectivity index (χ0) is 12.5. The van der Waals surface area contributed by atoms with E-state index in [0.29, 0.717) is 10.0 Å². The van der Waals surface area contributed by atoms with E-state index in [9.17, 15) is 0 Å². The molecule has 0 aromatic heterocycles. The maximum Gasteiger partial charge on any atom is 0.0726 e. The highest BCUT2D eigenvalue weighted by Crippen LogP contribution is 2.26. The van der Waals surface area contributed by atoms with Crippen molar-refractivity contribution in [2.45, 2.75) is 38.5 Å². The quantitative estimate of drug-likeness (QED) is 0.908. The predicted octanol–water partition coefficient (Wildman–Crippen LogP) is 3.65. The van der Waals surface area contributed by atoms with Crippen molar-refractivity contribution in [2.75, 3.05) is 6.61 Å². The summed E-state index contributed by atoms with van der Waals surface area (Å²) < 4.78 is 5.59. The van der Waals surface area contributed by atoms with Gasteiger partial charge in [-0.25, -0.2) is 0 Å². The third-order valence-corrected chi connectivity index (χ3v) is 3.94. The molecule has 0 aliphatic carbocycles. The number of halogens is 2. The highest BCUT2D eigenvalue weighted by Gasteiger charge is 2.36. The van der Waals surface area contributed by atoms with E-state index in [1.54, 1.807) is 6.07 Å². The Hall–Kier alpha value is -0.280. The third-order valence-electron chi connectivity index (χ3n) is 3.51. The standard InChI is InChI=1S/C13H17Cl2NO/c1-9-13(2,3-4-17-9)16-8-10-5-11(14)7-12(15)6-10/h5-7,9,16H,3-4,8H2,1-2H3. The number of hydrogen-bond donors (Lipinski definition) is 1. The Morgan fingerprint density at radius 3 is 2.53 bits per heavy atom. The van der Waals surface area contributed by atoms with Gasteiger partial charge in [-0.3, -0.25) is 0 Å². The summed E-state index contributed by atoms with van der Waals surface area (Å²) in [6, 6.07) is 5.62. The van der Waals surface area contributed by atoms with Gasteiger partial charge in [-0.15, -0.1) is 0 Å². The largest absolute Gasteiger partial charge is 0.377 e. The summed E-state index contributed by atoms with van der Waals surface area (Å²) in [5, 5.41) is 4.89. The fourth-order valence-corrected chi connectivity index (χ4v) is 2.66. The van der Waals surface area contributed by atoms with Crippen molar-refractivity contribution in [3.8, 4) is 0 Å². The number of rotatable bonds is 3. The third kappa shape index (κ3) is 3.14. The molecule has 0 bridgehead atoms. The van der Waals surface area contributed by atoms with Crippen LogP contribution in [0.1, 0.15) is 25.8 Å². The molecule has 2 atom stereocenters. The molecule has 2 unspecified atom stereocenters. The molecule has 4 heteroatoms. The van der Waals surface area contributed by atoms with Crippen molar-refractivity contribution in [3.05, 3.63) is 33.8 Å². The molecular weight excluding hydrogens is 257 g/mol. The zero-order valence-corrected chi connectivity index (χ0v) is 11.6. The van der Waals surface area contributed by atoms with E-state index in [0.717, 1.165) is 25.1 Å². The number of hydrogen-bond acceptors (Lipinski definition) is 2. The fourth-order valence-electron chi connectivity index (χ4n) is 2.08. The lowest BCUT2D eigenvalue weighted by Gasteiger charge is -2.29. The molecule has 1 heterocycles. The lowest BCUT2D eigenvalue weighted by molar-refractivity contribution is 0.0881. The maximum absolute atomic E-state index is 5.97. The summed E-state index contributed by atoms with van der Waals surface area (Å²) in [6.07, 6.45) is 1.26. The van der Waals surface area contributed by atoms with Crippen LogP contribution in [0.5, 0.6) is 0 Å². The normalized spacial score (nSPS) is 28.6. The van der Waals surface area contributed by atoms with Crippen LogP contribution in [0.3, 0.4) is 0 Å². The van der Waals surface area contributed by atoms with Gasteiger partial charge in [0, 0.05) is 28.7 Å². The molecule has 1 aliphatic rings. The predicted molar refractivity (Wildman–Crippen MR) is 71.7 cm³/mol. The van der Waals surface area contributed by atoms with Crippen LogP contribution in [0.4, 0.5) is 0 Å². The summed E-state index contributed by atoms with van der Waals surface area (Å²) in [6.45, 7) is 5.87. The van der Waals surface area contributed by atoms with E-state index in [1.165, 1.54) is 0 Å². The van der Waals surface area contributed by atoms with Crippen LogP contribution in [0.25, 0.3) is 0 Å². The summed E-state index contributed by atoms with van der Waals surface area (Å²) in [4.78, 5) is 0. The van der Waals surface area contributed by atoms with Crippen molar-refractivity contribution in [2.24, 2.45) is 0 Å². The van der Waals surface area contributed by atoms with Gasteiger partial charge in [-0.05, 0) is 44.0 Å². The van der Waals surface area contributed by atoms with Crippen LogP contribution in [-0.2, 0) is 11.3 Å². The zero-order valence-electron chi connectivity index (χ0n) is 10.1. The van der Waals surface area contributed by atoms with Crippen molar-refractivity contribution in [1.29, 1.82) is 0 Å². The van der Waals surface area contributed by atoms with Gasteiger partial charge in [-0.1, -0.05) is 23.2 Å². The molecule has 94 valence electrons. The molecule has 17 heavy (non-hydrogen) atoms. The Kier molecular flexibility index (Phi) is 3.99. The smallest absolute Gasteiger partial charge is 0.0726 e. The molecule has 0 spiro atoms. The molecule has 2 rings (SSSR count). The molecule has 1 aliphatic heterocycles. The fraction of sp³-hybridized carbons (Fsp3) is 0.538. The van der Waals surface area contributed by atoms with E-state index in [1.807, 2.05) is 12.1 Å². The second-order valence-electron chi connectivity index (χ2n) is 4.81. The molecule has 0 radical (unpaired) electrons. The molecule has 1 saturated heterocycles. The first kappa shape index (κ1) is 13.2. The van der Waals surface area contributed by atoms with Gasteiger partial charge in [0.25, 0.3) is 0 Å². The Morgan fingerprint density at radius 1 is 1.35 bits per heavy atom. The molecule has 2 nitrogen and oxygen atoms in total. The second-order valence-corrected chi connectivity index (χ2v) is 5.68. The second kappa shape index (κ2) is 5.15. The SMILES string of the molecule is CC1OCCC1(C)NCc1cc(Cl)cc(Cl)c1. The molecule has 1 fully saturated rings. The average molecular weight is 274 g/mol. The maximum atomic E-state index is 5.97. The van der Waals surface area contributed by atoms with Gasteiger partial charge in [0.15, 0.2) is 0 Å². The van der Waals surface area contributed by atoms with E-state index < -0.39 is 0 Å². The topological polar surface area (TPSA) is 21.3 Å². The summed E-state index contributed by atoms with van der Waals surface area (Å²) >= 11 is 11.9. The first-order valence-corrected chi connectivity index (χ1v) is 6.57. The van der Waals surface area contributed by atoms with E-state index in [2.05, 4.69) is 19.2 Å². The highest BCUT2D eigenvalue weighted by molar-refractivity contribution is 6.34. The van der Waals surface area contributed by atoms with Crippen LogP contribution < -0.4 is 5.32 Å².